The number of amides is 1. The lowest BCUT2D eigenvalue weighted by molar-refractivity contribution is 0.0963. The molecule has 3 nitrogen and oxygen atoms in total. The quantitative estimate of drug-likeness (QED) is 0.878. The Morgan fingerprint density at radius 2 is 1.95 bits per heavy atom. The molecule has 1 fully saturated rings. The van der Waals surface area contributed by atoms with Gasteiger partial charge in [0.2, 0.25) is 0 Å². The third kappa shape index (κ3) is 3.53. The molecule has 0 aliphatic heterocycles. The lowest BCUT2D eigenvalue weighted by atomic mass is 9.84. The summed E-state index contributed by atoms with van der Waals surface area (Å²) in [6.07, 6.45) is 6.50. The zero-order valence-corrected chi connectivity index (χ0v) is 12.8. The van der Waals surface area contributed by atoms with Crippen LogP contribution in [0.4, 0.5) is 5.69 Å². The van der Waals surface area contributed by atoms with Crippen LogP contribution in [0.1, 0.15) is 54.9 Å². The number of hydrogen-bond donors (Lipinski definition) is 2. The molecule has 0 unspecified atom stereocenters. The van der Waals surface area contributed by atoms with Crippen LogP contribution in [-0.2, 0) is 0 Å². The minimum atomic E-state index is -0.0249. The minimum Gasteiger partial charge on any atom is -0.382 e. The van der Waals surface area contributed by atoms with Crippen molar-refractivity contribution >= 4 is 11.6 Å². The molecule has 2 rings (SSSR count). The predicted molar refractivity (Wildman–Crippen MR) is 84.2 cm³/mol. The Kier molecular flexibility index (Phi) is 5.05. The highest BCUT2D eigenvalue weighted by molar-refractivity contribution is 5.94. The van der Waals surface area contributed by atoms with E-state index in [0.717, 1.165) is 22.7 Å². The molecule has 1 amide bonds. The summed E-state index contributed by atoms with van der Waals surface area (Å²) >= 11 is 0. The van der Waals surface area contributed by atoms with Gasteiger partial charge in [-0.25, -0.2) is 0 Å². The number of carbonyl (C=O) groups excluding carboxylic acids is 1. The Morgan fingerprint density at radius 3 is 2.50 bits per heavy atom. The van der Waals surface area contributed by atoms with Crippen LogP contribution in [0.3, 0.4) is 0 Å². The molecule has 1 aliphatic carbocycles. The first-order valence-electron chi connectivity index (χ1n) is 7.73. The van der Waals surface area contributed by atoms with Crippen LogP contribution in [0, 0.1) is 12.8 Å². The lowest BCUT2D eigenvalue weighted by Gasteiger charge is -2.29. The Balaban J connectivity index is 1.98. The first-order chi connectivity index (χ1) is 9.63. The highest BCUT2D eigenvalue weighted by Crippen LogP contribution is 2.29. The van der Waals surface area contributed by atoms with E-state index in [0.29, 0.717) is 6.04 Å². The Morgan fingerprint density at radius 1 is 1.25 bits per heavy atom. The summed E-state index contributed by atoms with van der Waals surface area (Å²) in [5, 5.41) is 6.31. The number of benzene rings is 1. The maximum Gasteiger partial charge on any atom is 0.251 e. The van der Waals surface area contributed by atoms with E-state index >= 15 is 0 Å². The summed E-state index contributed by atoms with van der Waals surface area (Å²) in [7, 11) is 1.66. The summed E-state index contributed by atoms with van der Waals surface area (Å²) in [6.45, 7) is 4.35. The number of rotatable bonds is 4. The molecule has 0 aromatic heterocycles. The van der Waals surface area contributed by atoms with Gasteiger partial charge in [0.15, 0.2) is 0 Å². The van der Waals surface area contributed by atoms with Crippen molar-refractivity contribution in [1.82, 2.24) is 5.32 Å². The van der Waals surface area contributed by atoms with Gasteiger partial charge < -0.3 is 10.6 Å². The summed E-state index contributed by atoms with van der Waals surface area (Å²) in [6, 6.07) is 6.47. The van der Waals surface area contributed by atoms with Crippen LogP contribution in [0.25, 0.3) is 0 Å². The van der Waals surface area contributed by atoms with Crippen molar-refractivity contribution in [2.24, 2.45) is 5.92 Å². The second-order valence-electron chi connectivity index (χ2n) is 5.88. The standard InChI is InChI=1S/C17H26N2O/c1-4-13-5-8-15(9-6-13)19-16-10-7-14(11-12(16)2)17(20)18-3/h7,10-11,13,15,19H,4-6,8-9H2,1-3H3,(H,18,20). The molecule has 1 saturated carbocycles. The SMILES string of the molecule is CCC1CCC(Nc2ccc(C(=O)NC)cc2C)CC1. The van der Waals surface area contributed by atoms with Crippen molar-refractivity contribution in [3.8, 4) is 0 Å². The van der Waals surface area contributed by atoms with Gasteiger partial charge in [-0.2, -0.15) is 0 Å². The van der Waals surface area contributed by atoms with Crippen molar-refractivity contribution in [1.29, 1.82) is 0 Å². The fourth-order valence-electron chi connectivity index (χ4n) is 3.05. The van der Waals surface area contributed by atoms with Crippen LogP contribution in [-0.4, -0.2) is 19.0 Å². The maximum atomic E-state index is 11.6. The van der Waals surface area contributed by atoms with E-state index in [4.69, 9.17) is 0 Å². The van der Waals surface area contributed by atoms with E-state index in [-0.39, 0.29) is 5.91 Å². The summed E-state index contributed by atoms with van der Waals surface area (Å²) in [5.41, 5.74) is 3.03. The summed E-state index contributed by atoms with van der Waals surface area (Å²) in [5.74, 6) is 0.896. The van der Waals surface area contributed by atoms with Crippen molar-refractivity contribution in [2.75, 3.05) is 12.4 Å². The monoisotopic (exact) mass is 274 g/mol. The van der Waals surface area contributed by atoms with Crippen molar-refractivity contribution < 1.29 is 4.79 Å². The van der Waals surface area contributed by atoms with E-state index in [1.807, 2.05) is 18.2 Å². The molecule has 0 radical (unpaired) electrons. The molecule has 110 valence electrons. The third-order valence-electron chi connectivity index (χ3n) is 4.50. The van der Waals surface area contributed by atoms with E-state index in [9.17, 15) is 4.79 Å². The molecule has 3 heteroatoms. The maximum absolute atomic E-state index is 11.6. The Bertz CT molecular complexity index is 462. The normalized spacial score (nSPS) is 22.4. The van der Waals surface area contributed by atoms with Gasteiger partial charge in [0.05, 0.1) is 0 Å². The van der Waals surface area contributed by atoms with Crippen LogP contribution in [0.5, 0.6) is 0 Å². The third-order valence-corrected chi connectivity index (χ3v) is 4.50. The average Bonchev–Trinajstić information content (AvgIpc) is 2.49. The van der Waals surface area contributed by atoms with E-state index in [2.05, 4.69) is 24.5 Å². The zero-order valence-electron chi connectivity index (χ0n) is 12.8. The minimum absolute atomic E-state index is 0.0249. The molecule has 1 aromatic carbocycles. The Labute approximate surface area is 122 Å². The van der Waals surface area contributed by atoms with Gasteiger partial charge in [-0.1, -0.05) is 13.3 Å². The van der Waals surface area contributed by atoms with Crippen LogP contribution < -0.4 is 10.6 Å². The van der Waals surface area contributed by atoms with E-state index < -0.39 is 0 Å². The van der Waals surface area contributed by atoms with Gasteiger partial charge in [-0.05, 0) is 62.3 Å². The molecule has 0 saturated heterocycles. The topological polar surface area (TPSA) is 41.1 Å². The fourth-order valence-corrected chi connectivity index (χ4v) is 3.05. The number of aryl methyl sites for hydroxylation is 1. The fraction of sp³-hybridized carbons (Fsp3) is 0.588. The van der Waals surface area contributed by atoms with Gasteiger partial charge in [0.25, 0.3) is 5.91 Å². The van der Waals surface area contributed by atoms with E-state index in [1.54, 1.807) is 7.05 Å². The zero-order chi connectivity index (χ0) is 14.5. The molecule has 0 bridgehead atoms. The molecule has 0 spiro atoms. The average molecular weight is 274 g/mol. The summed E-state index contributed by atoms with van der Waals surface area (Å²) < 4.78 is 0. The first-order valence-corrected chi connectivity index (χ1v) is 7.73. The number of anilines is 1. The molecule has 0 heterocycles. The predicted octanol–water partition coefficient (Wildman–Crippen LogP) is 3.74. The largest absolute Gasteiger partial charge is 0.382 e. The van der Waals surface area contributed by atoms with E-state index in [1.165, 1.54) is 32.1 Å². The second kappa shape index (κ2) is 6.78. The number of hydrogen-bond acceptors (Lipinski definition) is 2. The molecule has 0 atom stereocenters. The lowest BCUT2D eigenvalue weighted by Crippen LogP contribution is -2.26. The van der Waals surface area contributed by atoms with Crippen molar-refractivity contribution in [3.63, 3.8) is 0 Å². The first kappa shape index (κ1) is 14.9. The van der Waals surface area contributed by atoms with Crippen LogP contribution in [0.2, 0.25) is 0 Å². The van der Waals surface area contributed by atoms with Gasteiger partial charge in [0, 0.05) is 24.3 Å². The summed E-state index contributed by atoms with van der Waals surface area (Å²) in [4.78, 5) is 11.6. The van der Waals surface area contributed by atoms with Crippen molar-refractivity contribution in [3.05, 3.63) is 29.3 Å². The van der Waals surface area contributed by atoms with Gasteiger partial charge in [-0.15, -0.1) is 0 Å². The molecular formula is C17H26N2O. The van der Waals surface area contributed by atoms with Crippen LogP contribution in [0.15, 0.2) is 18.2 Å². The Hall–Kier alpha value is -1.51. The highest BCUT2D eigenvalue weighted by Gasteiger charge is 2.20. The molecule has 20 heavy (non-hydrogen) atoms. The van der Waals surface area contributed by atoms with Crippen LogP contribution >= 0.6 is 0 Å². The molecular weight excluding hydrogens is 248 g/mol. The number of carbonyl (C=O) groups is 1. The van der Waals surface area contributed by atoms with Gasteiger partial charge in [-0.3, -0.25) is 4.79 Å². The van der Waals surface area contributed by atoms with Crippen molar-refractivity contribution in [2.45, 2.75) is 52.0 Å². The van der Waals surface area contributed by atoms with Gasteiger partial charge >= 0.3 is 0 Å². The van der Waals surface area contributed by atoms with Gasteiger partial charge in [0.1, 0.15) is 0 Å². The second-order valence-corrected chi connectivity index (χ2v) is 5.88. The highest BCUT2D eigenvalue weighted by atomic mass is 16.1. The smallest absolute Gasteiger partial charge is 0.251 e. The molecule has 2 N–H and O–H groups in total. The number of nitrogens with one attached hydrogen (secondary N) is 2. The molecule has 1 aromatic rings. The molecule has 1 aliphatic rings.